The Balaban J connectivity index is 2.51. The normalized spacial score (nSPS) is 10.0. The fraction of sp³-hybridized carbons (Fsp3) is 0.0909. The van der Waals surface area contributed by atoms with E-state index in [0.717, 1.165) is 5.56 Å². The van der Waals surface area contributed by atoms with Crippen LogP contribution in [0.1, 0.15) is 0 Å². The Kier molecular flexibility index (Phi) is 3.06. The van der Waals surface area contributed by atoms with E-state index in [9.17, 15) is 4.79 Å². The molecule has 0 saturated heterocycles. The van der Waals surface area contributed by atoms with Crippen LogP contribution in [0.15, 0.2) is 35.1 Å². The molecule has 1 aromatic carbocycles. The van der Waals surface area contributed by atoms with Crippen LogP contribution < -0.4 is 21.6 Å². The number of anilines is 1. The molecule has 0 aliphatic heterocycles. The number of nitrogens with two attached hydrogens (primary N) is 1. The molecule has 17 heavy (non-hydrogen) atoms. The molecule has 0 amide bonds. The van der Waals surface area contributed by atoms with Gasteiger partial charge in [0.25, 0.3) is 5.56 Å². The maximum atomic E-state index is 11.4. The molecular weight excluding hydrogens is 220 g/mol. The molecule has 4 N–H and O–H groups in total. The summed E-state index contributed by atoms with van der Waals surface area (Å²) >= 11 is 0. The molecule has 0 aliphatic carbocycles. The van der Waals surface area contributed by atoms with Gasteiger partial charge in [0.2, 0.25) is 5.95 Å². The highest BCUT2D eigenvalue weighted by molar-refractivity contribution is 5.61. The number of nitrogens with zero attached hydrogens (tertiary/aromatic N) is 1. The molecule has 1 aromatic heterocycles. The van der Waals surface area contributed by atoms with Gasteiger partial charge in [-0.15, -0.1) is 0 Å². The second-order valence-electron chi connectivity index (χ2n) is 3.36. The standard InChI is InChI=1S/C11H12N4O2/c1-17-8-4-2-3-7(5-8)9-6-10(16)14-11(13-9)15-12/h2-6H,12H2,1H3,(H2,13,14,15,16). The van der Waals surface area contributed by atoms with Gasteiger partial charge in [-0.05, 0) is 12.1 Å². The fourth-order valence-electron chi connectivity index (χ4n) is 1.46. The van der Waals surface area contributed by atoms with Gasteiger partial charge in [0.1, 0.15) is 5.75 Å². The van der Waals surface area contributed by atoms with Crippen LogP contribution in [0.3, 0.4) is 0 Å². The molecule has 1 heterocycles. The first-order valence-corrected chi connectivity index (χ1v) is 4.95. The number of methoxy groups -OCH3 is 1. The monoisotopic (exact) mass is 232 g/mol. The van der Waals surface area contributed by atoms with Gasteiger partial charge in [-0.3, -0.25) is 15.2 Å². The lowest BCUT2D eigenvalue weighted by atomic mass is 10.1. The van der Waals surface area contributed by atoms with E-state index >= 15 is 0 Å². The highest BCUT2D eigenvalue weighted by Crippen LogP contribution is 2.21. The van der Waals surface area contributed by atoms with E-state index < -0.39 is 0 Å². The SMILES string of the molecule is COc1cccc(-c2cc(=O)[nH]c(NN)n2)c1. The number of nitrogens with one attached hydrogen (secondary N) is 2. The summed E-state index contributed by atoms with van der Waals surface area (Å²) in [6.07, 6.45) is 0. The van der Waals surface area contributed by atoms with Gasteiger partial charge in [0.15, 0.2) is 0 Å². The third-order valence-corrected chi connectivity index (χ3v) is 2.24. The van der Waals surface area contributed by atoms with Crippen LogP contribution in [0.4, 0.5) is 5.95 Å². The van der Waals surface area contributed by atoms with Gasteiger partial charge in [-0.1, -0.05) is 12.1 Å². The second-order valence-corrected chi connectivity index (χ2v) is 3.36. The van der Waals surface area contributed by atoms with Gasteiger partial charge < -0.3 is 4.74 Å². The Morgan fingerprint density at radius 3 is 2.94 bits per heavy atom. The number of hydrogen-bond acceptors (Lipinski definition) is 5. The molecule has 0 unspecified atom stereocenters. The summed E-state index contributed by atoms with van der Waals surface area (Å²) in [5.41, 5.74) is 3.35. The van der Waals surface area contributed by atoms with E-state index in [1.54, 1.807) is 13.2 Å². The minimum Gasteiger partial charge on any atom is -0.497 e. The Labute approximate surface area is 97.4 Å². The third-order valence-electron chi connectivity index (χ3n) is 2.24. The van der Waals surface area contributed by atoms with Crippen molar-refractivity contribution < 1.29 is 4.74 Å². The molecule has 6 heteroatoms. The number of aromatic nitrogens is 2. The first-order valence-electron chi connectivity index (χ1n) is 4.95. The van der Waals surface area contributed by atoms with E-state index in [1.807, 2.05) is 18.2 Å². The summed E-state index contributed by atoms with van der Waals surface area (Å²) in [6.45, 7) is 0. The molecule has 0 fully saturated rings. The Morgan fingerprint density at radius 1 is 1.41 bits per heavy atom. The van der Waals surface area contributed by atoms with E-state index in [1.165, 1.54) is 6.07 Å². The molecule has 0 aliphatic rings. The Hall–Kier alpha value is -2.34. The number of aromatic amines is 1. The molecule has 0 saturated carbocycles. The van der Waals surface area contributed by atoms with Crippen LogP contribution in [0.2, 0.25) is 0 Å². The lowest BCUT2D eigenvalue weighted by molar-refractivity contribution is 0.415. The lowest BCUT2D eigenvalue weighted by Gasteiger charge is -2.05. The van der Waals surface area contributed by atoms with Crippen LogP contribution in [-0.2, 0) is 0 Å². The van der Waals surface area contributed by atoms with Crippen molar-refractivity contribution in [1.82, 2.24) is 9.97 Å². The van der Waals surface area contributed by atoms with E-state index in [-0.39, 0.29) is 11.5 Å². The highest BCUT2D eigenvalue weighted by atomic mass is 16.5. The zero-order chi connectivity index (χ0) is 12.3. The summed E-state index contributed by atoms with van der Waals surface area (Å²) in [5.74, 6) is 6.13. The van der Waals surface area contributed by atoms with Crippen molar-refractivity contribution in [2.75, 3.05) is 12.5 Å². The van der Waals surface area contributed by atoms with Gasteiger partial charge in [-0.2, -0.15) is 0 Å². The van der Waals surface area contributed by atoms with Crippen molar-refractivity contribution in [2.24, 2.45) is 5.84 Å². The maximum Gasteiger partial charge on any atom is 0.252 e. The van der Waals surface area contributed by atoms with Gasteiger partial charge in [0, 0.05) is 11.6 Å². The fourth-order valence-corrected chi connectivity index (χ4v) is 1.46. The number of rotatable bonds is 3. The van der Waals surface area contributed by atoms with Crippen molar-refractivity contribution >= 4 is 5.95 Å². The van der Waals surface area contributed by atoms with Crippen molar-refractivity contribution in [3.8, 4) is 17.0 Å². The molecule has 0 radical (unpaired) electrons. The zero-order valence-electron chi connectivity index (χ0n) is 9.23. The zero-order valence-corrected chi connectivity index (χ0v) is 9.23. The predicted octanol–water partition coefficient (Wildman–Crippen LogP) is 0.731. The first kappa shape index (κ1) is 11.2. The van der Waals surface area contributed by atoms with Gasteiger partial charge in [-0.25, -0.2) is 10.8 Å². The highest BCUT2D eigenvalue weighted by Gasteiger charge is 2.04. The van der Waals surface area contributed by atoms with Crippen LogP contribution in [0.25, 0.3) is 11.3 Å². The minimum absolute atomic E-state index is 0.218. The number of nitrogen functional groups attached to an aromatic ring is 1. The summed E-state index contributed by atoms with van der Waals surface area (Å²) in [5, 5.41) is 0. The average molecular weight is 232 g/mol. The summed E-state index contributed by atoms with van der Waals surface area (Å²) in [7, 11) is 1.58. The van der Waals surface area contributed by atoms with Gasteiger partial charge >= 0.3 is 0 Å². The van der Waals surface area contributed by atoms with E-state index in [0.29, 0.717) is 11.4 Å². The molecule has 0 atom stereocenters. The summed E-state index contributed by atoms with van der Waals surface area (Å²) in [6, 6.07) is 8.67. The molecular formula is C11H12N4O2. The van der Waals surface area contributed by atoms with Crippen LogP contribution in [-0.4, -0.2) is 17.1 Å². The molecule has 0 bridgehead atoms. The Morgan fingerprint density at radius 2 is 2.24 bits per heavy atom. The molecule has 6 nitrogen and oxygen atoms in total. The second kappa shape index (κ2) is 4.67. The smallest absolute Gasteiger partial charge is 0.252 e. The number of ether oxygens (including phenoxy) is 1. The quantitative estimate of drug-likeness (QED) is 0.536. The van der Waals surface area contributed by atoms with Crippen molar-refractivity contribution in [3.05, 3.63) is 40.7 Å². The number of H-pyrrole nitrogens is 1. The summed E-state index contributed by atoms with van der Waals surface area (Å²) < 4.78 is 5.11. The number of benzene rings is 1. The molecule has 0 spiro atoms. The summed E-state index contributed by atoms with van der Waals surface area (Å²) in [4.78, 5) is 18.0. The van der Waals surface area contributed by atoms with E-state index in [4.69, 9.17) is 10.6 Å². The largest absolute Gasteiger partial charge is 0.497 e. The first-order chi connectivity index (χ1) is 8.22. The maximum absolute atomic E-state index is 11.4. The Bertz CT molecular complexity index is 580. The van der Waals surface area contributed by atoms with Crippen LogP contribution >= 0.6 is 0 Å². The third kappa shape index (κ3) is 2.43. The van der Waals surface area contributed by atoms with E-state index in [2.05, 4.69) is 15.4 Å². The average Bonchev–Trinajstić information content (AvgIpc) is 2.38. The minimum atomic E-state index is -0.272. The van der Waals surface area contributed by atoms with Crippen molar-refractivity contribution in [3.63, 3.8) is 0 Å². The molecule has 88 valence electrons. The lowest BCUT2D eigenvalue weighted by Crippen LogP contribution is -2.16. The predicted molar refractivity (Wildman–Crippen MR) is 64.7 cm³/mol. The number of hydrogen-bond donors (Lipinski definition) is 3. The number of hydrazine groups is 1. The van der Waals surface area contributed by atoms with Crippen LogP contribution in [0.5, 0.6) is 5.75 Å². The molecule has 2 aromatic rings. The molecule has 2 rings (SSSR count). The topological polar surface area (TPSA) is 93.0 Å². The van der Waals surface area contributed by atoms with Crippen molar-refractivity contribution in [2.45, 2.75) is 0 Å². The van der Waals surface area contributed by atoms with Crippen LogP contribution in [0, 0.1) is 0 Å². The van der Waals surface area contributed by atoms with Crippen molar-refractivity contribution in [1.29, 1.82) is 0 Å². The van der Waals surface area contributed by atoms with Gasteiger partial charge in [0.05, 0.1) is 12.8 Å².